The zero-order chi connectivity index (χ0) is 17.7. The molecule has 24 heavy (non-hydrogen) atoms. The molecule has 8 heteroatoms. The molecule has 1 aliphatic rings. The van der Waals surface area contributed by atoms with E-state index in [0.717, 1.165) is 19.2 Å². The third-order valence-electron chi connectivity index (χ3n) is 4.22. The van der Waals surface area contributed by atoms with Crippen LogP contribution in [-0.2, 0) is 20.5 Å². The maximum absolute atomic E-state index is 13.2. The van der Waals surface area contributed by atoms with Gasteiger partial charge in [0, 0.05) is 32.7 Å². The SMILES string of the molecule is C[C@@H](CN1CCOCC1)N(C)S(=O)(=O)Cc1ccc(F)cc1C#N. The van der Waals surface area contributed by atoms with Crippen LogP contribution < -0.4 is 0 Å². The number of morpholine rings is 1. The smallest absolute Gasteiger partial charge is 0.218 e. The predicted molar refractivity (Wildman–Crippen MR) is 88.2 cm³/mol. The van der Waals surface area contributed by atoms with Crippen molar-refractivity contribution >= 4 is 10.0 Å². The van der Waals surface area contributed by atoms with Gasteiger partial charge in [-0.25, -0.2) is 17.1 Å². The number of benzene rings is 1. The molecular formula is C16H22FN3O3S. The van der Waals surface area contributed by atoms with E-state index in [1.807, 2.05) is 13.0 Å². The van der Waals surface area contributed by atoms with Gasteiger partial charge in [-0.15, -0.1) is 0 Å². The zero-order valence-electron chi connectivity index (χ0n) is 13.9. The molecule has 1 aromatic carbocycles. The van der Waals surface area contributed by atoms with Gasteiger partial charge in [-0.05, 0) is 24.6 Å². The van der Waals surface area contributed by atoms with Crippen molar-refractivity contribution in [3.05, 3.63) is 35.1 Å². The second kappa shape index (κ2) is 8.03. The van der Waals surface area contributed by atoms with Crippen molar-refractivity contribution in [1.29, 1.82) is 5.26 Å². The third-order valence-corrected chi connectivity index (χ3v) is 6.13. The normalized spacial score (nSPS) is 17.6. The summed E-state index contributed by atoms with van der Waals surface area (Å²) in [6.45, 7) is 5.36. The van der Waals surface area contributed by atoms with Crippen LogP contribution in [0.5, 0.6) is 0 Å². The van der Waals surface area contributed by atoms with Gasteiger partial charge in [0.05, 0.1) is 30.6 Å². The van der Waals surface area contributed by atoms with Crippen molar-refractivity contribution < 1.29 is 17.5 Å². The van der Waals surface area contributed by atoms with Gasteiger partial charge < -0.3 is 4.74 Å². The molecule has 132 valence electrons. The van der Waals surface area contributed by atoms with Gasteiger partial charge in [-0.1, -0.05) is 6.07 Å². The van der Waals surface area contributed by atoms with E-state index in [4.69, 9.17) is 10.00 Å². The molecule has 1 atom stereocenters. The first-order valence-electron chi connectivity index (χ1n) is 7.78. The van der Waals surface area contributed by atoms with E-state index in [2.05, 4.69) is 4.90 Å². The molecular weight excluding hydrogens is 333 g/mol. The van der Waals surface area contributed by atoms with Crippen molar-refractivity contribution in [2.75, 3.05) is 39.9 Å². The van der Waals surface area contributed by atoms with Crippen molar-refractivity contribution in [3.8, 4) is 6.07 Å². The Kier molecular flexibility index (Phi) is 6.29. The van der Waals surface area contributed by atoms with E-state index < -0.39 is 15.8 Å². The topological polar surface area (TPSA) is 73.6 Å². The van der Waals surface area contributed by atoms with Crippen LogP contribution in [0.3, 0.4) is 0 Å². The lowest BCUT2D eigenvalue weighted by molar-refractivity contribution is 0.0314. The first kappa shape index (κ1) is 18.8. The molecule has 1 heterocycles. The molecule has 0 aliphatic carbocycles. The molecule has 0 aromatic heterocycles. The van der Waals surface area contributed by atoms with Crippen LogP contribution in [0.15, 0.2) is 18.2 Å². The summed E-state index contributed by atoms with van der Waals surface area (Å²) in [5.41, 5.74) is 0.358. The van der Waals surface area contributed by atoms with Crippen LogP contribution in [0, 0.1) is 17.1 Å². The van der Waals surface area contributed by atoms with Gasteiger partial charge in [-0.3, -0.25) is 4.90 Å². The highest BCUT2D eigenvalue weighted by atomic mass is 32.2. The lowest BCUT2D eigenvalue weighted by Gasteiger charge is -2.32. The zero-order valence-corrected chi connectivity index (χ0v) is 14.7. The lowest BCUT2D eigenvalue weighted by Crippen LogP contribution is -2.46. The Morgan fingerprint density at radius 2 is 2.08 bits per heavy atom. The van der Waals surface area contributed by atoms with Crippen LogP contribution in [0.4, 0.5) is 4.39 Å². The monoisotopic (exact) mass is 355 g/mol. The Balaban J connectivity index is 2.07. The molecule has 0 radical (unpaired) electrons. The van der Waals surface area contributed by atoms with E-state index in [9.17, 15) is 12.8 Å². The Morgan fingerprint density at radius 1 is 1.42 bits per heavy atom. The summed E-state index contributed by atoms with van der Waals surface area (Å²) in [4.78, 5) is 2.17. The maximum Gasteiger partial charge on any atom is 0.218 e. The summed E-state index contributed by atoms with van der Waals surface area (Å²) >= 11 is 0. The Bertz CT molecular complexity index is 712. The fraction of sp³-hybridized carbons (Fsp3) is 0.562. The molecule has 0 bridgehead atoms. The largest absolute Gasteiger partial charge is 0.379 e. The Morgan fingerprint density at radius 3 is 2.71 bits per heavy atom. The molecule has 0 saturated carbocycles. The highest BCUT2D eigenvalue weighted by molar-refractivity contribution is 7.88. The number of nitrogens with zero attached hydrogens (tertiary/aromatic N) is 3. The molecule has 0 amide bonds. The number of rotatable bonds is 6. The minimum Gasteiger partial charge on any atom is -0.379 e. The lowest BCUT2D eigenvalue weighted by atomic mass is 10.1. The molecule has 1 saturated heterocycles. The summed E-state index contributed by atoms with van der Waals surface area (Å²) in [5.74, 6) is -0.873. The van der Waals surface area contributed by atoms with Crippen LogP contribution in [-0.4, -0.2) is 63.6 Å². The van der Waals surface area contributed by atoms with Crippen LogP contribution in [0.1, 0.15) is 18.1 Å². The minimum absolute atomic E-state index is 0.0489. The minimum atomic E-state index is -3.61. The molecule has 0 unspecified atom stereocenters. The maximum atomic E-state index is 13.2. The molecule has 1 aromatic rings. The highest BCUT2D eigenvalue weighted by Gasteiger charge is 2.26. The fourth-order valence-corrected chi connectivity index (χ4v) is 4.09. The summed E-state index contributed by atoms with van der Waals surface area (Å²) in [6, 6.07) is 5.22. The van der Waals surface area contributed by atoms with E-state index in [0.29, 0.717) is 25.3 Å². The van der Waals surface area contributed by atoms with Crippen molar-refractivity contribution in [3.63, 3.8) is 0 Å². The van der Waals surface area contributed by atoms with E-state index >= 15 is 0 Å². The third kappa shape index (κ3) is 4.74. The molecule has 1 aliphatic heterocycles. The number of hydrogen-bond acceptors (Lipinski definition) is 5. The second-order valence-electron chi connectivity index (χ2n) is 5.95. The van der Waals surface area contributed by atoms with Crippen LogP contribution in [0.25, 0.3) is 0 Å². The Labute approximate surface area is 142 Å². The van der Waals surface area contributed by atoms with Gasteiger partial charge in [0.1, 0.15) is 5.82 Å². The Hall–Kier alpha value is -1.53. The van der Waals surface area contributed by atoms with Crippen molar-refractivity contribution in [2.45, 2.75) is 18.7 Å². The number of likely N-dealkylation sites (N-methyl/N-ethyl adjacent to an activating group) is 1. The molecule has 2 rings (SSSR count). The van der Waals surface area contributed by atoms with Gasteiger partial charge in [0.2, 0.25) is 10.0 Å². The molecule has 0 N–H and O–H groups in total. The first-order chi connectivity index (χ1) is 11.3. The number of nitriles is 1. The molecule has 0 spiro atoms. The predicted octanol–water partition coefficient (Wildman–Crippen LogP) is 1.18. The summed E-state index contributed by atoms with van der Waals surface area (Å²) in [6.07, 6.45) is 0. The first-order valence-corrected chi connectivity index (χ1v) is 9.38. The standard InChI is InChI=1S/C16H22FN3O3S/c1-13(11-20-5-7-23-8-6-20)19(2)24(21,22)12-14-3-4-16(17)9-15(14)10-18/h3-4,9,13H,5-8,11-12H2,1-2H3/t13-/m0/s1. The van der Waals surface area contributed by atoms with Gasteiger partial charge in [0.25, 0.3) is 0 Å². The quantitative estimate of drug-likeness (QED) is 0.766. The van der Waals surface area contributed by atoms with Gasteiger partial charge in [-0.2, -0.15) is 5.26 Å². The number of hydrogen-bond donors (Lipinski definition) is 0. The van der Waals surface area contributed by atoms with Gasteiger partial charge in [0.15, 0.2) is 0 Å². The number of sulfonamides is 1. The van der Waals surface area contributed by atoms with Crippen molar-refractivity contribution in [2.24, 2.45) is 0 Å². The number of halogens is 1. The van der Waals surface area contributed by atoms with E-state index in [1.54, 1.807) is 0 Å². The van der Waals surface area contributed by atoms with Crippen LogP contribution >= 0.6 is 0 Å². The highest BCUT2D eigenvalue weighted by Crippen LogP contribution is 2.17. The second-order valence-corrected chi connectivity index (χ2v) is 7.98. The van der Waals surface area contributed by atoms with Gasteiger partial charge >= 0.3 is 0 Å². The summed E-state index contributed by atoms with van der Waals surface area (Å²) < 4.78 is 45.0. The average Bonchev–Trinajstić information content (AvgIpc) is 2.56. The average molecular weight is 355 g/mol. The molecule has 1 fully saturated rings. The van der Waals surface area contributed by atoms with Crippen molar-refractivity contribution in [1.82, 2.24) is 9.21 Å². The van der Waals surface area contributed by atoms with Crippen LogP contribution in [0.2, 0.25) is 0 Å². The summed E-state index contributed by atoms with van der Waals surface area (Å²) in [7, 11) is -2.07. The molecule has 6 nitrogen and oxygen atoms in total. The van der Waals surface area contributed by atoms with E-state index in [1.165, 1.54) is 23.5 Å². The summed E-state index contributed by atoms with van der Waals surface area (Å²) in [5, 5.41) is 9.06. The van der Waals surface area contributed by atoms with E-state index in [-0.39, 0.29) is 17.4 Å². The number of ether oxygens (including phenoxy) is 1. The fourth-order valence-electron chi connectivity index (χ4n) is 2.62.